The SMILES string of the molecule is Nc1nonc1-c1ccccn1. The summed E-state index contributed by atoms with van der Waals surface area (Å²) in [6.07, 6.45) is 1.66. The zero-order chi connectivity index (χ0) is 8.39. The smallest absolute Gasteiger partial charge is 0.198 e. The molecule has 2 heterocycles. The summed E-state index contributed by atoms with van der Waals surface area (Å²) in [7, 11) is 0. The van der Waals surface area contributed by atoms with Gasteiger partial charge in [-0.3, -0.25) is 4.98 Å². The van der Waals surface area contributed by atoms with Crippen molar-refractivity contribution < 1.29 is 4.63 Å². The zero-order valence-corrected chi connectivity index (χ0v) is 6.14. The fourth-order valence-corrected chi connectivity index (χ4v) is 0.876. The molecular formula is C7H6N4O. The molecule has 60 valence electrons. The van der Waals surface area contributed by atoms with E-state index < -0.39 is 0 Å². The highest BCUT2D eigenvalue weighted by molar-refractivity contribution is 5.64. The fraction of sp³-hybridized carbons (Fsp3) is 0. The van der Waals surface area contributed by atoms with Gasteiger partial charge in [-0.05, 0) is 22.4 Å². The Bertz CT molecular complexity index is 370. The first-order valence-electron chi connectivity index (χ1n) is 3.37. The third-order valence-electron chi connectivity index (χ3n) is 1.42. The molecule has 0 aliphatic carbocycles. The normalized spacial score (nSPS) is 10.0. The standard InChI is InChI=1S/C7H6N4O/c8-7-6(10-12-11-7)5-3-1-2-4-9-5/h1-4H,(H2,8,11). The second-order valence-electron chi connectivity index (χ2n) is 2.21. The summed E-state index contributed by atoms with van der Waals surface area (Å²) in [5.41, 5.74) is 6.61. The first kappa shape index (κ1) is 6.78. The summed E-state index contributed by atoms with van der Waals surface area (Å²) < 4.78 is 4.43. The quantitative estimate of drug-likeness (QED) is 0.668. The number of aromatic nitrogens is 3. The highest BCUT2D eigenvalue weighted by Crippen LogP contribution is 2.17. The maximum atomic E-state index is 5.47. The number of nitrogens with two attached hydrogens (primary N) is 1. The van der Waals surface area contributed by atoms with Gasteiger partial charge in [0.1, 0.15) is 0 Å². The predicted molar refractivity (Wildman–Crippen MR) is 41.9 cm³/mol. The van der Waals surface area contributed by atoms with Gasteiger partial charge in [0.25, 0.3) is 0 Å². The summed E-state index contributed by atoms with van der Waals surface area (Å²) >= 11 is 0. The molecule has 0 saturated carbocycles. The van der Waals surface area contributed by atoms with Crippen LogP contribution < -0.4 is 5.73 Å². The lowest BCUT2D eigenvalue weighted by Gasteiger charge is -1.91. The number of pyridine rings is 1. The molecule has 0 atom stereocenters. The second-order valence-corrected chi connectivity index (χ2v) is 2.21. The number of nitrogen functional groups attached to an aromatic ring is 1. The summed E-state index contributed by atoms with van der Waals surface area (Å²) in [6, 6.07) is 5.44. The van der Waals surface area contributed by atoms with Crippen LogP contribution in [-0.2, 0) is 0 Å². The third-order valence-corrected chi connectivity index (χ3v) is 1.42. The van der Waals surface area contributed by atoms with Gasteiger partial charge in [-0.1, -0.05) is 6.07 Å². The van der Waals surface area contributed by atoms with Gasteiger partial charge in [0, 0.05) is 6.20 Å². The van der Waals surface area contributed by atoms with Crippen LogP contribution in [-0.4, -0.2) is 15.3 Å². The number of hydrogen-bond acceptors (Lipinski definition) is 5. The van der Waals surface area contributed by atoms with E-state index in [1.165, 1.54) is 0 Å². The van der Waals surface area contributed by atoms with Crippen LogP contribution in [0, 0.1) is 0 Å². The lowest BCUT2D eigenvalue weighted by molar-refractivity contribution is 0.310. The van der Waals surface area contributed by atoms with Gasteiger partial charge in [-0.15, -0.1) is 0 Å². The molecule has 0 bridgehead atoms. The molecule has 0 amide bonds. The van der Waals surface area contributed by atoms with Gasteiger partial charge >= 0.3 is 0 Å². The summed E-state index contributed by atoms with van der Waals surface area (Å²) in [5, 5.41) is 7.06. The van der Waals surface area contributed by atoms with E-state index in [1.54, 1.807) is 12.3 Å². The molecular weight excluding hydrogens is 156 g/mol. The maximum Gasteiger partial charge on any atom is 0.198 e. The van der Waals surface area contributed by atoms with Crippen molar-refractivity contribution in [1.29, 1.82) is 0 Å². The van der Waals surface area contributed by atoms with Gasteiger partial charge in [-0.25, -0.2) is 4.63 Å². The van der Waals surface area contributed by atoms with Gasteiger partial charge in [0.2, 0.25) is 0 Å². The fourth-order valence-electron chi connectivity index (χ4n) is 0.876. The molecule has 0 aromatic carbocycles. The van der Waals surface area contributed by atoms with Crippen LogP contribution in [0.5, 0.6) is 0 Å². The molecule has 2 rings (SSSR count). The predicted octanol–water partition coefficient (Wildman–Crippen LogP) is 0.714. The molecule has 5 heteroatoms. The molecule has 2 aromatic rings. The Hall–Kier alpha value is -1.91. The van der Waals surface area contributed by atoms with Crippen LogP contribution in [0.15, 0.2) is 29.0 Å². The van der Waals surface area contributed by atoms with Crippen LogP contribution in [0.1, 0.15) is 0 Å². The molecule has 2 N–H and O–H groups in total. The van der Waals surface area contributed by atoms with E-state index in [4.69, 9.17) is 5.73 Å². The average molecular weight is 162 g/mol. The molecule has 0 radical (unpaired) electrons. The van der Waals surface area contributed by atoms with E-state index in [1.807, 2.05) is 12.1 Å². The van der Waals surface area contributed by atoms with Crippen LogP contribution in [0.2, 0.25) is 0 Å². The zero-order valence-electron chi connectivity index (χ0n) is 6.14. The van der Waals surface area contributed by atoms with Crippen LogP contribution >= 0.6 is 0 Å². The summed E-state index contributed by atoms with van der Waals surface area (Å²) in [4.78, 5) is 4.04. The van der Waals surface area contributed by atoms with Crippen molar-refractivity contribution in [1.82, 2.24) is 15.3 Å². The van der Waals surface area contributed by atoms with Crippen LogP contribution in [0.4, 0.5) is 5.82 Å². The minimum atomic E-state index is 0.258. The van der Waals surface area contributed by atoms with Crippen molar-refractivity contribution in [2.75, 3.05) is 5.73 Å². The molecule has 5 nitrogen and oxygen atoms in total. The molecule has 2 aromatic heterocycles. The van der Waals surface area contributed by atoms with Crippen LogP contribution in [0.3, 0.4) is 0 Å². The largest absolute Gasteiger partial charge is 0.379 e. The van der Waals surface area contributed by atoms with E-state index in [0.29, 0.717) is 11.4 Å². The molecule has 0 saturated heterocycles. The molecule has 0 unspecified atom stereocenters. The van der Waals surface area contributed by atoms with Gasteiger partial charge < -0.3 is 5.73 Å². The van der Waals surface area contributed by atoms with E-state index in [2.05, 4.69) is 19.9 Å². The van der Waals surface area contributed by atoms with Crippen molar-refractivity contribution in [3.05, 3.63) is 24.4 Å². The van der Waals surface area contributed by atoms with E-state index in [-0.39, 0.29) is 5.82 Å². The lowest BCUT2D eigenvalue weighted by Crippen LogP contribution is -1.89. The monoisotopic (exact) mass is 162 g/mol. The minimum Gasteiger partial charge on any atom is -0.379 e. The average Bonchev–Trinajstić information content (AvgIpc) is 2.53. The molecule has 12 heavy (non-hydrogen) atoms. The Balaban J connectivity index is 2.51. The Morgan fingerprint density at radius 3 is 2.75 bits per heavy atom. The molecule has 0 aliphatic heterocycles. The highest BCUT2D eigenvalue weighted by Gasteiger charge is 2.08. The number of anilines is 1. The molecule has 0 fully saturated rings. The summed E-state index contributed by atoms with van der Waals surface area (Å²) in [6.45, 7) is 0. The molecule has 0 aliphatic rings. The number of rotatable bonds is 1. The Labute approximate surface area is 68.2 Å². The lowest BCUT2D eigenvalue weighted by atomic mass is 10.3. The highest BCUT2D eigenvalue weighted by atomic mass is 16.6. The van der Waals surface area contributed by atoms with E-state index in [0.717, 1.165) is 0 Å². The van der Waals surface area contributed by atoms with Gasteiger partial charge in [0.05, 0.1) is 5.69 Å². The molecule has 0 spiro atoms. The van der Waals surface area contributed by atoms with Gasteiger partial charge in [0.15, 0.2) is 11.5 Å². The van der Waals surface area contributed by atoms with E-state index >= 15 is 0 Å². The van der Waals surface area contributed by atoms with Crippen molar-refractivity contribution >= 4 is 5.82 Å². The topological polar surface area (TPSA) is 77.8 Å². The Morgan fingerprint density at radius 1 is 1.25 bits per heavy atom. The second kappa shape index (κ2) is 2.61. The van der Waals surface area contributed by atoms with Crippen molar-refractivity contribution in [2.24, 2.45) is 0 Å². The Kier molecular flexibility index (Phi) is 1.48. The third kappa shape index (κ3) is 1.01. The summed E-state index contributed by atoms with van der Waals surface area (Å²) in [5.74, 6) is 0.258. The maximum absolute atomic E-state index is 5.47. The Morgan fingerprint density at radius 2 is 2.17 bits per heavy atom. The number of nitrogens with zero attached hydrogens (tertiary/aromatic N) is 3. The van der Waals surface area contributed by atoms with Crippen LogP contribution in [0.25, 0.3) is 11.4 Å². The first-order valence-corrected chi connectivity index (χ1v) is 3.37. The minimum absolute atomic E-state index is 0.258. The van der Waals surface area contributed by atoms with E-state index in [9.17, 15) is 0 Å². The van der Waals surface area contributed by atoms with Crippen molar-refractivity contribution in [3.8, 4) is 11.4 Å². The van der Waals surface area contributed by atoms with Crippen molar-refractivity contribution in [2.45, 2.75) is 0 Å². The number of hydrogen-bond donors (Lipinski definition) is 1. The first-order chi connectivity index (χ1) is 5.88. The van der Waals surface area contributed by atoms with Gasteiger partial charge in [-0.2, -0.15) is 0 Å². The van der Waals surface area contributed by atoms with Crippen molar-refractivity contribution in [3.63, 3.8) is 0 Å².